The van der Waals surface area contributed by atoms with E-state index in [1.807, 2.05) is 9.47 Å². The Bertz CT molecular complexity index is 1170. The molecular weight excluding hydrogens is 442 g/mol. The second-order valence-electron chi connectivity index (χ2n) is 9.22. The van der Waals surface area contributed by atoms with Crippen molar-refractivity contribution in [3.05, 3.63) is 39.9 Å². The van der Waals surface area contributed by atoms with Gasteiger partial charge in [0.25, 0.3) is 5.91 Å². The van der Waals surface area contributed by atoms with Crippen molar-refractivity contribution in [1.29, 1.82) is 0 Å². The number of nitrogens with zero attached hydrogens (tertiary/aromatic N) is 2. The smallest absolute Gasteiger partial charge is 0.317 e. The number of aromatic nitrogens is 1. The molecule has 2 aromatic rings. The molecule has 2 saturated heterocycles. The largest absolute Gasteiger partial charge is 0.481 e. The number of anilines is 1. The van der Waals surface area contributed by atoms with E-state index in [2.05, 4.69) is 10.6 Å². The number of rotatable bonds is 6. The molecule has 11 heteroatoms. The summed E-state index contributed by atoms with van der Waals surface area (Å²) in [6, 6.07) is 3.18. The summed E-state index contributed by atoms with van der Waals surface area (Å²) in [4.78, 5) is 39.1. The van der Waals surface area contributed by atoms with E-state index in [0.717, 1.165) is 25.9 Å². The molecule has 34 heavy (non-hydrogen) atoms. The first-order chi connectivity index (χ1) is 16.4. The van der Waals surface area contributed by atoms with Crippen LogP contribution in [0, 0.1) is 5.82 Å². The maximum Gasteiger partial charge on any atom is 0.317 e. The number of aliphatic carboxylic acids is 1. The summed E-state index contributed by atoms with van der Waals surface area (Å²) in [5, 5.41) is 15.1. The van der Waals surface area contributed by atoms with E-state index in [9.17, 15) is 14.4 Å². The molecule has 1 aliphatic carbocycles. The fraction of sp³-hybridized carbons (Fsp3) is 0.522. The monoisotopic (exact) mass is 469 g/mol. The van der Waals surface area contributed by atoms with E-state index >= 15 is 4.39 Å². The highest BCUT2D eigenvalue weighted by atomic mass is 19.1. The van der Waals surface area contributed by atoms with Gasteiger partial charge in [-0.2, -0.15) is 0 Å². The minimum absolute atomic E-state index is 0.0326. The Morgan fingerprint density at radius 1 is 1.21 bits per heavy atom. The zero-order chi connectivity index (χ0) is 23.8. The maximum atomic E-state index is 15.1. The van der Waals surface area contributed by atoms with Gasteiger partial charge in [0.1, 0.15) is 11.4 Å². The van der Waals surface area contributed by atoms with E-state index in [4.69, 9.17) is 9.76 Å². The lowest BCUT2D eigenvalue weighted by atomic mass is 9.79. The van der Waals surface area contributed by atoms with Crippen LogP contribution < -0.4 is 21.0 Å². The Balaban J connectivity index is 1.42. The second kappa shape index (κ2) is 9.38. The standard InChI is InChI=1S/C23H27BFN4O5/c25-17-10-15-18(11-19(17)28-7-5-26-6-8-28)29(13-1-2-13)12-16(22(15)32)23(33)27-20-4-3-14(34-24-20)9-21(30)31/h10-14,20,26H,1-9H2,(H,27,33)(H,30,31)/t14-,20-/m0/s1. The lowest BCUT2D eigenvalue weighted by molar-refractivity contribution is -0.139. The van der Waals surface area contributed by atoms with E-state index in [-0.39, 0.29) is 23.4 Å². The van der Waals surface area contributed by atoms with E-state index in [1.165, 1.54) is 13.5 Å². The molecule has 5 rings (SSSR count). The van der Waals surface area contributed by atoms with Gasteiger partial charge in [0, 0.05) is 49.7 Å². The van der Waals surface area contributed by atoms with Gasteiger partial charge in [0.05, 0.1) is 23.7 Å². The number of pyridine rings is 1. The molecule has 9 nitrogen and oxygen atoms in total. The van der Waals surface area contributed by atoms with Crippen molar-refractivity contribution in [2.45, 2.75) is 50.2 Å². The van der Waals surface area contributed by atoms with Gasteiger partial charge in [-0.3, -0.25) is 14.4 Å². The molecule has 0 spiro atoms. The van der Waals surface area contributed by atoms with Crippen LogP contribution in [-0.2, 0) is 9.45 Å². The van der Waals surface area contributed by atoms with Crippen LogP contribution in [0.4, 0.5) is 10.1 Å². The molecule has 1 saturated carbocycles. The van der Waals surface area contributed by atoms with Crippen molar-refractivity contribution in [2.75, 3.05) is 31.1 Å². The molecule has 0 bridgehead atoms. The zero-order valence-corrected chi connectivity index (χ0v) is 18.8. The number of hydrogen-bond donors (Lipinski definition) is 3. The average molecular weight is 469 g/mol. The maximum absolute atomic E-state index is 15.1. The Hall–Kier alpha value is -2.92. The number of carboxylic acids is 1. The topological polar surface area (TPSA) is 113 Å². The number of benzene rings is 1. The number of hydrogen-bond acceptors (Lipinski definition) is 6. The third-order valence-electron chi connectivity index (χ3n) is 6.70. The van der Waals surface area contributed by atoms with Crippen LogP contribution in [-0.4, -0.2) is 67.3 Å². The van der Waals surface area contributed by atoms with Crippen molar-refractivity contribution >= 4 is 35.9 Å². The Labute approximate surface area is 196 Å². The van der Waals surface area contributed by atoms with Gasteiger partial charge < -0.3 is 29.9 Å². The summed E-state index contributed by atoms with van der Waals surface area (Å²) in [5.74, 6) is -2.39. The number of amides is 1. The van der Waals surface area contributed by atoms with Crippen LogP contribution in [0.1, 0.15) is 48.5 Å². The molecule has 1 aromatic carbocycles. The predicted molar refractivity (Wildman–Crippen MR) is 125 cm³/mol. The molecule has 179 valence electrons. The third kappa shape index (κ3) is 4.67. The van der Waals surface area contributed by atoms with Crippen molar-refractivity contribution in [1.82, 2.24) is 15.2 Å². The van der Waals surface area contributed by atoms with Gasteiger partial charge in [0.15, 0.2) is 0 Å². The van der Waals surface area contributed by atoms with E-state index < -0.39 is 35.2 Å². The van der Waals surface area contributed by atoms with E-state index in [1.54, 1.807) is 12.3 Å². The van der Waals surface area contributed by atoms with Gasteiger partial charge in [0.2, 0.25) is 5.43 Å². The summed E-state index contributed by atoms with van der Waals surface area (Å²) in [7, 11) is 1.43. The normalized spacial score (nSPS) is 22.9. The Morgan fingerprint density at radius 2 is 1.97 bits per heavy atom. The SMILES string of the molecule is O=C(O)C[C@@H]1CC[C@H](NC(=O)c2cn(C3CC3)c3cc(N4CCNCC4)c(F)cc3c2=O)[B]O1. The van der Waals surface area contributed by atoms with Crippen molar-refractivity contribution in [3.63, 3.8) is 0 Å². The molecule has 3 fully saturated rings. The van der Waals surface area contributed by atoms with Crippen LogP contribution in [0.2, 0.25) is 0 Å². The molecule has 2 atom stereocenters. The highest BCUT2D eigenvalue weighted by molar-refractivity contribution is 6.31. The second-order valence-corrected chi connectivity index (χ2v) is 9.22. The van der Waals surface area contributed by atoms with Gasteiger partial charge in [-0.1, -0.05) is 0 Å². The van der Waals surface area contributed by atoms with Crippen LogP contribution >= 0.6 is 0 Å². The predicted octanol–water partition coefficient (Wildman–Crippen LogP) is 1.21. The average Bonchev–Trinajstić information content (AvgIpc) is 3.66. The summed E-state index contributed by atoms with van der Waals surface area (Å²) < 4.78 is 22.5. The Morgan fingerprint density at radius 3 is 2.62 bits per heavy atom. The van der Waals surface area contributed by atoms with Crippen molar-refractivity contribution in [3.8, 4) is 0 Å². The number of halogens is 1. The fourth-order valence-electron chi connectivity index (χ4n) is 4.73. The summed E-state index contributed by atoms with van der Waals surface area (Å²) in [6.45, 7) is 2.91. The van der Waals surface area contributed by atoms with Gasteiger partial charge in [-0.15, -0.1) is 0 Å². The molecule has 1 radical (unpaired) electrons. The first kappa shape index (κ1) is 22.9. The van der Waals surface area contributed by atoms with Gasteiger partial charge in [-0.25, -0.2) is 4.39 Å². The molecule has 2 aliphatic heterocycles. The summed E-state index contributed by atoms with van der Waals surface area (Å²) >= 11 is 0. The summed E-state index contributed by atoms with van der Waals surface area (Å²) in [6.07, 6.45) is 3.94. The number of carbonyl (C=O) groups excluding carboxylic acids is 1. The molecule has 0 unspecified atom stereocenters. The van der Waals surface area contributed by atoms with Crippen molar-refractivity contribution < 1.29 is 23.7 Å². The molecule has 3 heterocycles. The first-order valence-electron chi connectivity index (χ1n) is 11.8. The van der Waals surface area contributed by atoms with Crippen LogP contribution in [0.25, 0.3) is 10.9 Å². The first-order valence-corrected chi connectivity index (χ1v) is 11.8. The van der Waals surface area contributed by atoms with Crippen LogP contribution in [0.5, 0.6) is 0 Å². The molecule has 3 aliphatic rings. The van der Waals surface area contributed by atoms with Crippen LogP contribution in [0.3, 0.4) is 0 Å². The number of carboxylic acid groups (broad SMARTS) is 1. The number of nitrogens with one attached hydrogen (secondary N) is 2. The molecule has 1 aromatic heterocycles. The van der Waals surface area contributed by atoms with Gasteiger partial charge in [-0.05, 0) is 37.8 Å². The van der Waals surface area contributed by atoms with Gasteiger partial charge >= 0.3 is 13.5 Å². The quantitative estimate of drug-likeness (QED) is 0.546. The number of piperazine rings is 1. The lowest BCUT2D eigenvalue weighted by Gasteiger charge is -2.30. The summed E-state index contributed by atoms with van der Waals surface area (Å²) in [5.41, 5.74) is 0.582. The molecule has 3 N–H and O–H groups in total. The van der Waals surface area contributed by atoms with Crippen LogP contribution in [0.15, 0.2) is 23.1 Å². The number of carbonyl (C=O) groups is 2. The highest BCUT2D eigenvalue weighted by Gasteiger charge is 2.30. The highest BCUT2D eigenvalue weighted by Crippen LogP contribution is 2.38. The Kier molecular flexibility index (Phi) is 6.31. The van der Waals surface area contributed by atoms with E-state index in [0.29, 0.717) is 37.1 Å². The lowest BCUT2D eigenvalue weighted by Crippen LogP contribution is -2.46. The van der Waals surface area contributed by atoms with Crippen molar-refractivity contribution in [2.24, 2.45) is 0 Å². The molecule has 1 amide bonds. The third-order valence-corrected chi connectivity index (χ3v) is 6.70. The minimum atomic E-state index is -0.940. The molecular formula is C23H27BFN4O5. The number of fused-ring (bicyclic) bond motifs is 1. The minimum Gasteiger partial charge on any atom is -0.481 e. The zero-order valence-electron chi connectivity index (χ0n) is 18.8. The fourth-order valence-corrected chi connectivity index (χ4v) is 4.73.